The van der Waals surface area contributed by atoms with E-state index in [1.807, 2.05) is 0 Å². The highest BCUT2D eigenvalue weighted by Gasteiger charge is 2.15. The van der Waals surface area contributed by atoms with Gasteiger partial charge in [-0.3, -0.25) is 4.79 Å². The molecule has 21 heavy (non-hydrogen) atoms. The van der Waals surface area contributed by atoms with E-state index >= 15 is 0 Å². The number of aliphatic hydroxyl groups excluding tert-OH is 1. The molecule has 2 rings (SSSR count). The van der Waals surface area contributed by atoms with E-state index in [0.717, 1.165) is 24.1 Å². The molecule has 1 aromatic rings. The number of carbonyl (C=O) groups excluding carboxylic acids is 1. The van der Waals surface area contributed by atoms with Crippen LogP contribution in [0.5, 0.6) is 0 Å². The van der Waals surface area contributed by atoms with Crippen molar-refractivity contribution >= 4 is 17.2 Å². The van der Waals surface area contributed by atoms with Crippen LogP contribution in [0.4, 0.5) is 0 Å². The first-order valence-electron chi connectivity index (χ1n) is 7.89. The van der Waals surface area contributed by atoms with Gasteiger partial charge in [0, 0.05) is 18.0 Å². The second-order valence-electron chi connectivity index (χ2n) is 5.42. The molecule has 1 aromatic heterocycles. The highest BCUT2D eigenvalue weighted by molar-refractivity contribution is 7.14. The zero-order valence-corrected chi connectivity index (χ0v) is 13.3. The minimum Gasteiger partial charge on any atom is -0.394 e. The number of hydrogen-bond acceptors (Lipinski definition) is 4. The van der Waals surface area contributed by atoms with Crippen molar-refractivity contribution in [2.24, 2.45) is 0 Å². The molecule has 1 aliphatic carbocycles. The van der Waals surface area contributed by atoms with Crippen LogP contribution in [0.1, 0.15) is 52.2 Å². The fourth-order valence-corrected chi connectivity index (χ4v) is 3.76. The average Bonchev–Trinajstić information content (AvgIpc) is 2.85. The molecule has 118 valence electrons. The van der Waals surface area contributed by atoms with Gasteiger partial charge in [-0.2, -0.15) is 0 Å². The summed E-state index contributed by atoms with van der Waals surface area (Å²) in [7, 11) is 0. The minimum atomic E-state index is 0.0360. The van der Waals surface area contributed by atoms with Crippen LogP contribution in [0.3, 0.4) is 0 Å². The molecule has 1 heterocycles. The lowest BCUT2D eigenvalue weighted by atomic mass is 10.00. The summed E-state index contributed by atoms with van der Waals surface area (Å²) in [6.07, 6.45) is 8.13. The summed E-state index contributed by atoms with van der Waals surface area (Å²) in [6.45, 7) is 1.60. The predicted octanol–water partition coefficient (Wildman–Crippen LogP) is 2.54. The smallest absolute Gasteiger partial charge is 0.261 e. The van der Waals surface area contributed by atoms with Gasteiger partial charge in [-0.25, -0.2) is 0 Å². The van der Waals surface area contributed by atoms with Crippen LogP contribution >= 0.6 is 11.3 Å². The summed E-state index contributed by atoms with van der Waals surface area (Å²) in [4.78, 5) is 14.4. The van der Waals surface area contributed by atoms with Crippen LogP contribution in [-0.2, 0) is 17.6 Å². The number of thiophene rings is 1. The summed E-state index contributed by atoms with van der Waals surface area (Å²) >= 11 is 1.66. The molecule has 0 radical (unpaired) electrons. The molecule has 0 atom stereocenters. The third-order valence-electron chi connectivity index (χ3n) is 3.71. The van der Waals surface area contributed by atoms with Crippen molar-refractivity contribution in [1.29, 1.82) is 0 Å². The van der Waals surface area contributed by atoms with Gasteiger partial charge in [0.1, 0.15) is 0 Å². The lowest BCUT2D eigenvalue weighted by Crippen LogP contribution is -2.24. The summed E-state index contributed by atoms with van der Waals surface area (Å²) in [6, 6.07) is 2.09. The minimum absolute atomic E-state index is 0.0360. The normalized spacial score (nSPS) is 15.1. The molecular weight excluding hydrogens is 286 g/mol. The van der Waals surface area contributed by atoms with Gasteiger partial charge in [-0.15, -0.1) is 11.3 Å². The second-order valence-corrected chi connectivity index (χ2v) is 6.56. The zero-order chi connectivity index (χ0) is 14.9. The van der Waals surface area contributed by atoms with Crippen molar-refractivity contribution in [3.8, 4) is 0 Å². The number of nitrogens with one attached hydrogen (secondary N) is 1. The van der Waals surface area contributed by atoms with Gasteiger partial charge in [0.15, 0.2) is 0 Å². The second kappa shape index (κ2) is 9.18. The topological polar surface area (TPSA) is 58.6 Å². The third-order valence-corrected chi connectivity index (χ3v) is 4.94. The molecule has 5 heteroatoms. The van der Waals surface area contributed by atoms with E-state index in [1.165, 1.54) is 36.1 Å². The Morgan fingerprint density at radius 2 is 2.05 bits per heavy atom. The van der Waals surface area contributed by atoms with Gasteiger partial charge < -0.3 is 15.2 Å². The molecular formula is C16H25NO3S. The fourth-order valence-electron chi connectivity index (χ4n) is 2.59. The summed E-state index contributed by atoms with van der Waals surface area (Å²) < 4.78 is 5.17. The van der Waals surface area contributed by atoms with Crippen molar-refractivity contribution in [3.05, 3.63) is 21.4 Å². The molecule has 0 aromatic carbocycles. The van der Waals surface area contributed by atoms with Crippen molar-refractivity contribution in [3.63, 3.8) is 0 Å². The van der Waals surface area contributed by atoms with Crippen molar-refractivity contribution in [1.82, 2.24) is 5.32 Å². The maximum atomic E-state index is 12.1. The van der Waals surface area contributed by atoms with Gasteiger partial charge in [-0.05, 0) is 43.7 Å². The Labute approximate surface area is 130 Å². The number of amides is 1. The maximum Gasteiger partial charge on any atom is 0.261 e. The van der Waals surface area contributed by atoms with Crippen LogP contribution in [0.2, 0.25) is 0 Å². The van der Waals surface area contributed by atoms with Crippen molar-refractivity contribution < 1.29 is 14.6 Å². The average molecular weight is 311 g/mol. The Morgan fingerprint density at radius 3 is 2.86 bits per heavy atom. The van der Waals surface area contributed by atoms with E-state index in [2.05, 4.69) is 11.4 Å². The number of ether oxygens (including phenoxy) is 1. The Bertz CT molecular complexity index is 419. The van der Waals surface area contributed by atoms with Crippen LogP contribution < -0.4 is 5.32 Å². The van der Waals surface area contributed by atoms with Gasteiger partial charge in [0.05, 0.1) is 18.1 Å². The Balaban J connectivity index is 1.78. The molecule has 0 fully saturated rings. The largest absolute Gasteiger partial charge is 0.394 e. The quantitative estimate of drug-likeness (QED) is 0.761. The van der Waals surface area contributed by atoms with Crippen molar-refractivity contribution in [2.45, 2.75) is 44.9 Å². The van der Waals surface area contributed by atoms with Gasteiger partial charge >= 0.3 is 0 Å². The first kappa shape index (κ1) is 16.5. The molecule has 0 saturated heterocycles. The van der Waals surface area contributed by atoms with E-state index in [1.54, 1.807) is 11.3 Å². The highest BCUT2D eigenvalue weighted by Crippen LogP contribution is 2.28. The van der Waals surface area contributed by atoms with Gasteiger partial charge in [0.25, 0.3) is 5.91 Å². The van der Waals surface area contributed by atoms with Gasteiger partial charge in [-0.1, -0.05) is 12.8 Å². The van der Waals surface area contributed by atoms with Crippen LogP contribution in [-0.4, -0.2) is 37.4 Å². The highest BCUT2D eigenvalue weighted by atomic mass is 32.1. The third kappa shape index (κ3) is 5.41. The first-order valence-corrected chi connectivity index (χ1v) is 8.71. The van der Waals surface area contributed by atoms with Crippen LogP contribution in [0.15, 0.2) is 6.07 Å². The fraction of sp³-hybridized carbons (Fsp3) is 0.688. The molecule has 0 aliphatic heterocycles. The Hall–Kier alpha value is -0.910. The summed E-state index contributed by atoms with van der Waals surface area (Å²) in [5.74, 6) is 0.0360. The monoisotopic (exact) mass is 311 g/mol. The Morgan fingerprint density at radius 1 is 1.24 bits per heavy atom. The Kier molecular flexibility index (Phi) is 7.19. The summed E-state index contributed by atoms with van der Waals surface area (Å²) in [5.41, 5.74) is 1.39. The number of carbonyl (C=O) groups is 1. The lowest BCUT2D eigenvalue weighted by Gasteiger charge is -2.07. The van der Waals surface area contributed by atoms with Gasteiger partial charge in [0.2, 0.25) is 0 Å². The molecule has 0 bridgehead atoms. The van der Waals surface area contributed by atoms with E-state index in [9.17, 15) is 4.79 Å². The lowest BCUT2D eigenvalue weighted by molar-refractivity contribution is 0.0869. The standard InChI is InChI=1S/C16H25NO3S/c18-9-11-20-10-5-8-17-16(19)15-12-13-6-3-1-2-4-7-14(13)21-15/h12,18H,1-11H2,(H,17,19). The van der Waals surface area contributed by atoms with Crippen LogP contribution in [0, 0.1) is 0 Å². The van der Waals surface area contributed by atoms with Crippen molar-refractivity contribution in [2.75, 3.05) is 26.4 Å². The van der Waals surface area contributed by atoms with E-state index in [4.69, 9.17) is 9.84 Å². The SMILES string of the molecule is O=C(NCCCOCCO)c1cc2c(s1)CCCCCC2. The number of aryl methyl sites for hydroxylation is 2. The molecule has 1 aliphatic rings. The maximum absolute atomic E-state index is 12.1. The van der Waals surface area contributed by atoms with Crippen LogP contribution in [0.25, 0.3) is 0 Å². The van der Waals surface area contributed by atoms with E-state index in [0.29, 0.717) is 19.8 Å². The molecule has 4 nitrogen and oxygen atoms in total. The number of rotatable bonds is 7. The molecule has 0 saturated carbocycles. The molecule has 0 unspecified atom stereocenters. The number of hydrogen-bond donors (Lipinski definition) is 2. The number of aliphatic hydroxyl groups is 1. The zero-order valence-electron chi connectivity index (χ0n) is 12.5. The van der Waals surface area contributed by atoms with E-state index < -0.39 is 0 Å². The van der Waals surface area contributed by atoms with E-state index in [-0.39, 0.29) is 12.5 Å². The molecule has 1 amide bonds. The summed E-state index contributed by atoms with van der Waals surface area (Å²) in [5, 5.41) is 11.5. The predicted molar refractivity (Wildman–Crippen MR) is 85.1 cm³/mol. The number of fused-ring (bicyclic) bond motifs is 1. The molecule has 2 N–H and O–H groups in total. The first-order chi connectivity index (χ1) is 10.3. The molecule has 0 spiro atoms.